The minimum atomic E-state index is 0.164. The van der Waals surface area contributed by atoms with Crippen LogP contribution < -0.4 is 4.90 Å². The molecule has 2 aliphatic rings. The van der Waals surface area contributed by atoms with E-state index in [-0.39, 0.29) is 5.91 Å². The Bertz CT molecular complexity index is 532. The van der Waals surface area contributed by atoms with Gasteiger partial charge in [0.15, 0.2) is 0 Å². The van der Waals surface area contributed by atoms with E-state index in [1.54, 1.807) is 6.92 Å². The minimum Gasteiger partial charge on any atom is -0.396 e. The fourth-order valence-electron chi connectivity index (χ4n) is 3.95. The van der Waals surface area contributed by atoms with Crippen LogP contribution in [0.3, 0.4) is 0 Å². The molecule has 5 nitrogen and oxygen atoms in total. The molecule has 1 aliphatic heterocycles. The highest BCUT2D eigenvalue weighted by Gasteiger charge is 2.25. The Morgan fingerprint density at radius 1 is 1.25 bits per heavy atom. The SMILES string of the molecule is CC(=O)N(Cc1ccc(N2CCC(CO)CC2)nc1)C1CCCC1. The first kappa shape index (κ1) is 17.2. The van der Waals surface area contributed by atoms with Gasteiger partial charge >= 0.3 is 0 Å². The van der Waals surface area contributed by atoms with E-state index in [0.717, 1.165) is 50.2 Å². The molecule has 2 fully saturated rings. The monoisotopic (exact) mass is 331 g/mol. The topological polar surface area (TPSA) is 56.7 Å². The Labute approximate surface area is 144 Å². The number of carbonyl (C=O) groups excluding carboxylic acids is 1. The van der Waals surface area contributed by atoms with Crippen molar-refractivity contribution in [2.75, 3.05) is 24.6 Å². The summed E-state index contributed by atoms with van der Waals surface area (Å²) < 4.78 is 0. The number of rotatable bonds is 5. The molecule has 0 aromatic carbocycles. The number of amides is 1. The van der Waals surface area contributed by atoms with Crippen LogP contribution in [-0.2, 0) is 11.3 Å². The van der Waals surface area contributed by atoms with E-state index >= 15 is 0 Å². The lowest BCUT2D eigenvalue weighted by Gasteiger charge is -2.32. The van der Waals surface area contributed by atoms with Crippen molar-refractivity contribution in [3.8, 4) is 0 Å². The third kappa shape index (κ3) is 4.07. The summed E-state index contributed by atoms with van der Waals surface area (Å²) in [6.07, 6.45) is 8.69. The maximum atomic E-state index is 12.0. The Morgan fingerprint density at radius 2 is 1.96 bits per heavy atom. The Hall–Kier alpha value is -1.62. The van der Waals surface area contributed by atoms with Gasteiger partial charge in [-0.25, -0.2) is 4.98 Å². The van der Waals surface area contributed by atoms with Gasteiger partial charge in [0.25, 0.3) is 0 Å². The van der Waals surface area contributed by atoms with Crippen molar-refractivity contribution in [3.63, 3.8) is 0 Å². The van der Waals surface area contributed by atoms with Crippen LogP contribution in [0.5, 0.6) is 0 Å². The lowest BCUT2D eigenvalue weighted by molar-refractivity contribution is -0.131. The molecule has 0 spiro atoms. The van der Waals surface area contributed by atoms with Crippen LogP contribution in [-0.4, -0.2) is 46.6 Å². The molecule has 2 heterocycles. The lowest BCUT2D eigenvalue weighted by atomic mass is 9.98. The molecule has 1 aromatic rings. The Morgan fingerprint density at radius 3 is 2.50 bits per heavy atom. The molecule has 1 N–H and O–H groups in total. The van der Waals surface area contributed by atoms with Gasteiger partial charge < -0.3 is 14.9 Å². The predicted molar refractivity (Wildman–Crippen MR) is 94.7 cm³/mol. The molecule has 3 rings (SSSR count). The molecule has 1 amide bonds. The van der Waals surface area contributed by atoms with Crippen LogP contribution in [0.4, 0.5) is 5.82 Å². The number of carbonyl (C=O) groups is 1. The molecule has 1 saturated carbocycles. The van der Waals surface area contributed by atoms with E-state index in [0.29, 0.717) is 25.1 Å². The van der Waals surface area contributed by atoms with E-state index in [1.807, 2.05) is 11.1 Å². The molecule has 1 saturated heterocycles. The smallest absolute Gasteiger partial charge is 0.219 e. The number of aliphatic hydroxyl groups excluding tert-OH is 1. The van der Waals surface area contributed by atoms with Gasteiger partial charge in [-0.1, -0.05) is 18.9 Å². The number of aromatic nitrogens is 1. The fourth-order valence-corrected chi connectivity index (χ4v) is 3.95. The molecule has 1 aromatic heterocycles. The third-order valence-corrected chi connectivity index (χ3v) is 5.53. The molecule has 132 valence electrons. The minimum absolute atomic E-state index is 0.164. The number of aliphatic hydroxyl groups is 1. The zero-order valence-corrected chi connectivity index (χ0v) is 14.7. The average Bonchev–Trinajstić information content (AvgIpc) is 3.14. The van der Waals surface area contributed by atoms with Crippen LogP contribution in [0.1, 0.15) is 51.0 Å². The van der Waals surface area contributed by atoms with E-state index < -0.39 is 0 Å². The molecule has 0 bridgehead atoms. The van der Waals surface area contributed by atoms with E-state index in [2.05, 4.69) is 22.0 Å². The Balaban J connectivity index is 1.60. The quantitative estimate of drug-likeness (QED) is 0.901. The van der Waals surface area contributed by atoms with Crippen molar-refractivity contribution in [1.82, 2.24) is 9.88 Å². The van der Waals surface area contributed by atoms with Crippen molar-refractivity contribution in [2.24, 2.45) is 5.92 Å². The second-order valence-corrected chi connectivity index (χ2v) is 7.22. The Kier molecular flexibility index (Phi) is 5.72. The summed E-state index contributed by atoms with van der Waals surface area (Å²) in [5.41, 5.74) is 1.10. The van der Waals surface area contributed by atoms with E-state index in [9.17, 15) is 9.90 Å². The molecule has 1 aliphatic carbocycles. The highest BCUT2D eigenvalue weighted by molar-refractivity contribution is 5.73. The molecule has 24 heavy (non-hydrogen) atoms. The first-order chi connectivity index (χ1) is 11.7. The molecule has 0 radical (unpaired) electrons. The van der Waals surface area contributed by atoms with Gasteiger partial charge in [0.05, 0.1) is 0 Å². The van der Waals surface area contributed by atoms with Crippen molar-refractivity contribution >= 4 is 11.7 Å². The zero-order chi connectivity index (χ0) is 16.9. The van der Waals surface area contributed by atoms with Crippen molar-refractivity contribution in [3.05, 3.63) is 23.9 Å². The lowest BCUT2D eigenvalue weighted by Crippen LogP contribution is -2.37. The maximum Gasteiger partial charge on any atom is 0.219 e. The standard InChI is InChI=1S/C19H29N3O2/c1-15(24)22(18-4-2-3-5-18)13-17-6-7-19(20-12-17)21-10-8-16(14-23)9-11-21/h6-7,12,16,18,23H,2-5,8-11,13-14H2,1H3. The number of hydrogen-bond acceptors (Lipinski definition) is 4. The second kappa shape index (κ2) is 7.97. The number of piperidine rings is 1. The first-order valence-electron chi connectivity index (χ1n) is 9.25. The molecule has 5 heteroatoms. The number of pyridine rings is 1. The van der Waals surface area contributed by atoms with Gasteiger partial charge in [-0.3, -0.25) is 4.79 Å². The first-order valence-corrected chi connectivity index (χ1v) is 9.25. The number of anilines is 1. The van der Waals surface area contributed by atoms with Gasteiger partial charge in [-0.2, -0.15) is 0 Å². The highest BCUT2D eigenvalue weighted by atomic mass is 16.3. The van der Waals surface area contributed by atoms with Crippen LogP contribution in [0, 0.1) is 5.92 Å². The van der Waals surface area contributed by atoms with Gasteiger partial charge in [0.1, 0.15) is 5.82 Å². The van der Waals surface area contributed by atoms with Crippen LogP contribution >= 0.6 is 0 Å². The maximum absolute atomic E-state index is 12.0. The van der Waals surface area contributed by atoms with Crippen molar-refractivity contribution < 1.29 is 9.90 Å². The third-order valence-electron chi connectivity index (χ3n) is 5.53. The number of hydrogen-bond donors (Lipinski definition) is 1. The summed E-state index contributed by atoms with van der Waals surface area (Å²) >= 11 is 0. The van der Waals surface area contributed by atoms with Gasteiger partial charge in [0.2, 0.25) is 5.91 Å². The van der Waals surface area contributed by atoms with Gasteiger partial charge in [-0.15, -0.1) is 0 Å². The molecular weight excluding hydrogens is 302 g/mol. The largest absolute Gasteiger partial charge is 0.396 e. The van der Waals surface area contributed by atoms with Crippen LogP contribution in [0.25, 0.3) is 0 Å². The number of nitrogens with zero attached hydrogens (tertiary/aromatic N) is 3. The second-order valence-electron chi connectivity index (χ2n) is 7.22. The predicted octanol–water partition coefficient (Wildman–Crippen LogP) is 2.58. The summed E-state index contributed by atoms with van der Waals surface area (Å²) in [5, 5.41) is 9.24. The molecule has 0 atom stereocenters. The summed E-state index contributed by atoms with van der Waals surface area (Å²) in [6, 6.07) is 4.58. The van der Waals surface area contributed by atoms with E-state index in [1.165, 1.54) is 12.8 Å². The summed E-state index contributed by atoms with van der Waals surface area (Å²) in [7, 11) is 0. The molecular formula is C19H29N3O2. The van der Waals surface area contributed by atoms with Crippen molar-refractivity contribution in [1.29, 1.82) is 0 Å². The van der Waals surface area contributed by atoms with Crippen LogP contribution in [0.15, 0.2) is 18.3 Å². The zero-order valence-electron chi connectivity index (χ0n) is 14.7. The average molecular weight is 331 g/mol. The van der Waals surface area contributed by atoms with Crippen LogP contribution in [0.2, 0.25) is 0 Å². The summed E-state index contributed by atoms with van der Waals surface area (Å²) in [6.45, 7) is 4.55. The van der Waals surface area contributed by atoms with Crippen molar-refractivity contribution in [2.45, 2.75) is 58.0 Å². The van der Waals surface area contributed by atoms with E-state index in [4.69, 9.17) is 0 Å². The van der Waals surface area contributed by atoms with Gasteiger partial charge in [-0.05, 0) is 43.2 Å². The molecule has 0 unspecified atom stereocenters. The summed E-state index contributed by atoms with van der Waals surface area (Å²) in [5.74, 6) is 1.61. The normalized spacial score (nSPS) is 19.7. The summed E-state index contributed by atoms with van der Waals surface area (Å²) in [4.78, 5) is 20.9. The van der Waals surface area contributed by atoms with Gasteiger partial charge in [0, 0.05) is 45.4 Å². The fraction of sp³-hybridized carbons (Fsp3) is 0.684. The highest BCUT2D eigenvalue weighted by Crippen LogP contribution is 2.26.